The summed E-state index contributed by atoms with van der Waals surface area (Å²) in [5.41, 5.74) is -0.848. The van der Waals surface area contributed by atoms with Gasteiger partial charge in [-0.25, -0.2) is 8.78 Å². The van der Waals surface area contributed by atoms with Crippen LogP contribution >= 0.6 is 11.8 Å². The molecule has 4 nitrogen and oxygen atoms in total. The van der Waals surface area contributed by atoms with Gasteiger partial charge in [-0.05, 0) is 12.3 Å². The Hall–Kier alpha value is -1.37. The van der Waals surface area contributed by atoms with Gasteiger partial charge in [-0.15, -0.1) is 0 Å². The quantitative estimate of drug-likeness (QED) is 0.494. The highest BCUT2D eigenvalue weighted by Gasteiger charge is 2.20. The van der Waals surface area contributed by atoms with Crippen LogP contribution in [0.4, 0.5) is 20.2 Å². The summed E-state index contributed by atoms with van der Waals surface area (Å²) in [5.74, 6) is -1.67. The topological polar surface area (TPSA) is 55.2 Å². The van der Waals surface area contributed by atoms with Gasteiger partial charge in [0.05, 0.1) is 4.92 Å². The maximum atomic E-state index is 13.3. The van der Waals surface area contributed by atoms with Gasteiger partial charge in [0, 0.05) is 18.4 Å². The molecular formula is C9H10F2N2O2S. The second-order valence-corrected chi connectivity index (χ2v) is 3.92. The summed E-state index contributed by atoms with van der Waals surface area (Å²) >= 11 is 1.50. The van der Waals surface area contributed by atoms with Gasteiger partial charge >= 0.3 is 0 Å². The van der Waals surface area contributed by atoms with Crippen molar-refractivity contribution in [2.24, 2.45) is 0 Å². The molecule has 0 unspecified atom stereocenters. The highest BCUT2D eigenvalue weighted by Crippen LogP contribution is 2.28. The molecule has 0 saturated heterocycles. The first-order chi connectivity index (χ1) is 7.57. The lowest BCUT2D eigenvalue weighted by Gasteiger charge is -2.07. The summed E-state index contributed by atoms with van der Waals surface area (Å²) in [6, 6.07) is 1.69. The second kappa shape index (κ2) is 5.64. The molecule has 16 heavy (non-hydrogen) atoms. The normalized spacial score (nSPS) is 10.2. The van der Waals surface area contributed by atoms with Crippen LogP contribution in [0.1, 0.15) is 0 Å². The van der Waals surface area contributed by atoms with E-state index in [4.69, 9.17) is 0 Å². The number of anilines is 1. The average molecular weight is 248 g/mol. The van der Waals surface area contributed by atoms with E-state index in [1.54, 1.807) is 0 Å². The molecule has 0 fully saturated rings. The Labute approximate surface area is 95.2 Å². The molecule has 0 spiro atoms. The molecule has 7 heteroatoms. The predicted molar refractivity (Wildman–Crippen MR) is 59.9 cm³/mol. The van der Waals surface area contributed by atoms with E-state index in [0.717, 1.165) is 12.1 Å². The molecule has 0 radical (unpaired) electrons. The number of hydrogen-bond donors (Lipinski definition) is 1. The average Bonchev–Trinajstić information content (AvgIpc) is 2.24. The fourth-order valence-electron chi connectivity index (χ4n) is 1.14. The van der Waals surface area contributed by atoms with E-state index in [-0.39, 0.29) is 5.69 Å². The van der Waals surface area contributed by atoms with Crippen LogP contribution < -0.4 is 5.32 Å². The molecular weight excluding hydrogens is 238 g/mol. The van der Waals surface area contributed by atoms with Crippen LogP contribution in [0.25, 0.3) is 0 Å². The Balaban J connectivity index is 3.01. The van der Waals surface area contributed by atoms with Crippen LogP contribution in [0, 0.1) is 21.7 Å². The Morgan fingerprint density at radius 3 is 2.75 bits per heavy atom. The zero-order valence-electron chi connectivity index (χ0n) is 8.50. The van der Waals surface area contributed by atoms with Crippen LogP contribution in [0.2, 0.25) is 0 Å². The number of nitrogens with zero attached hydrogens (tertiary/aromatic N) is 1. The molecule has 1 aromatic carbocycles. The SMILES string of the molecule is CSCCNc1c([N+](=O)[O-])ccc(F)c1F. The summed E-state index contributed by atoms with van der Waals surface area (Å²) in [6.45, 7) is 0.336. The van der Waals surface area contributed by atoms with Crippen molar-refractivity contribution in [1.82, 2.24) is 0 Å². The lowest BCUT2D eigenvalue weighted by atomic mass is 10.2. The number of nitro benzene ring substituents is 1. The van der Waals surface area contributed by atoms with E-state index in [0.29, 0.717) is 12.3 Å². The van der Waals surface area contributed by atoms with Crippen molar-refractivity contribution in [2.75, 3.05) is 23.9 Å². The number of nitrogens with one attached hydrogen (secondary N) is 1. The number of rotatable bonds is 5. The van der Waals surface area contributed by atoms with Crippen LogP contribution in [0.3, 0.4) is 0 Å². The summed E-state index contributed by atoms with van der Waals surface area (Å²) in [6.07, 6.45) is 1.85. The van der Waals surface area contributed by atoms with Crippen LogP contribution in [0.15, 0.2) is 12.1 Å². The zero-order chi connectivity index (χ0) is 12.1. The lowest BCUT2D eigenvalue weighted by molar-refractivity contribution is -0.384. The molecule has 1 rings (SSSR count). The second-order valence-electron chi connectivity index (χ2n) is 2.93. The van der Waals surface area contributed by atoms with Gasteiger partial charge in [0.1, 0.15) is 0 Å². The van der Waals surface area contributed by atoms with E-state index in [9.17, 15) is 18.9 Å². The van der Waals surface area contributed by atoms with Crippen LogP contribution in [-0.4, -0.2) is 23.5 Å². The van der Waals surface area contributed by atoms with Crippen molar-refractivity contribution in [1.29, 1.82) is 0 Å². The van der Waals surface area contributed by atoms with Gasteiger partial charge < -0.3 is 5.32 Å². The first-order valence-corrected chi connectivity index (χ1v) is 5.82. The lowest BCUT2D eigenvalue weighted by Crippen LogP contribution is -2.09. The predicted octanol–water partition coefficient (Wildman–Crippen LogP) is 2.65. The fraction of sp³-hybridized carbons (Fsp3) is 0.333. The summed E-state index contributed by atoms with van der Waals surface area (Å²) < 4.78 is 26.2. The number of hydrogen-bond acceptors (Lipinski definition) is 4. The minimum absolute atomic E-state index is 0.336. The molecule has 0 saturated carbocycles. The largest absolute Gasteiger partial charge is 0.376 e. The van der Waals surface area contributed by atoms with E-state index < -0.39 is 22.2 Å². The van der Waals surface area contributed by atoms with E-state index >= 15 is 0 Å². The van der Waals surface area contributed by atoms with Gasteiger partial charge in [0.2, 0.25) is 0 Å². The van der Waals surface area contributed by atoms with Crippen molar-refractivity contribution >= 4 is 23.1 Å². The van der Waals surface area contributed by atoms with Gasteiger partial charge in [-0.2, -0.15) is 11.8 Å². The van der Waals surface area contributed by atoms with Gasteiger partial charge in [0.15, 0.2) is 17.3 Å². The zero-order valence-corrected chi connectivity index (χ0v) is 9.31. The van der Waals surface area contributed by atoms with Gasteiger partial charge in [-0.1, -0.05) is 0 Å². The molecule has 0 aromatic heterocycles. The fourth-order valence-corrected chi connectivity index (χ4v) is 1.45. The maximum Gasteiger partial charge on any atom is 0.295 e. The number of nitro groups is 1. The van der Waals surface area contributed by atoms with E-state index in [2.05, 4.69) is 5.32 Å². The van der Waals surface area contributed by atoms with E-state index in [1.807, 2.05) is 6.26 Å². The molecule has 0 atom stereocenters. The van der Waals surface area contributed by atoms with Crippen LogP contribution in [-0.2, 0) is 0 Å². The van der Waals surface area contributed by atoms with Crippen LogP contribution in [0.5, 0.6) is 0 Å². The summed E-state index contributed by atoms with van der Waals surface area (Å²) in [5, 5.41) is 13.1. The van der Waals surface area contributed by atoms with Crippen molar-refractivity contribution in [3.8, 4) is 0 Å². The Morgan fingerprint density at radius 2 is 2.19 bits per heavy atom. The molecule has 0 aliphatic rings. The molecule has 1 N–H and O–H groups in total. The summed E-state index contributed by atoms with van der Waals surface area (Å²) in [4.78, 5) is 9.84. The Kier molecular flexibility index (Phi) is 4.48. The molecule has 1 aromatic rings. The minimum Gasteiger partial charge on any atom is -0.376 e. The molecule has 0 aliphatic heterocycles. The van der Waals surface area contributed by atoms with Gasteiger partial charge in [0.25, 0.3) is 5.69 Å². The maximum absolute atomic E-state index is 13.3. The summed E-state index contributed by atoms with van der Waals surface area (Å²) in [7, 11) is 0. The smallest absolute Gasteiger partial charge is 0.295 e. The monoisotopic (exact) mass is 248 g/mol. The molecule has 0 aliphatic carbocycles. The highest BCUT2D eigenvalue weighted by molar-refractivity contribution is 7.98. The first kappa shape index (κ1) is 12.7. The Morgan fingerprint density at radius 1 is 1.50 bits per heavy atom. The molecule has 0 bridgehead atoms. The third kappa shape index (κ3) is 2.82. The third-order valence-electron chi connectivity index (χ3n) is 1.88. The van der Waals surface area contributed by atoms with Crippen molar-refractivity contribution in [2.45, 2.75) is 0 Å². The van der Waals surface area contributed by atoms with E-state index in [1.165, 1.54) is 11.8 Å². The first-order valence-electron chi connectivity index (χ1n) is 4.43. The third-order valence-corrected chi connectivity index (χ3v) is 2.49. The van der Waals surface area contributed by atoms with Crippen molar-refractivity contribution in [3.05, 3.63) is 33.9 Å². The number of halogens is 2. The highest BCUT2D eigenvalue weighted by atomic mass is 32.2. The molecule has 0 heterocycles. The number of benzene rings is 1. The van der Waals surface area contributed by atoms with Crippen molar-refractivity contribution < 1.29 is 13.7 Å². The minimum atomic E-state index is -1.21. The van der Waals surface area contributed by atoms with Gasteiger partial charge in [-0.3, -0.25) is 10.1 Å². The number of thioether (sulfide) groups is 1. The van der Waals surface area contributed by atoms with Crippen molar-refractivity contribution in [3.63, 3.8) is 0 Å². The molecule has 0 amide bonds. The Bertz CT molecular complexity index is 401. The molecule has 88 valence electrons. The standard InChI is InChI=1S/C9H10F2N2O2S/c1-16-5-4-12-9-7(13(14)15)3-2-6(10)8(9)11/h2-3,12H,4-5H2,1H3.